The fourth-order valence-electron chi connectivity index (χ4n) is 1.51. The lowest BCUT2D eigenvalue weighted by Crippen LogP contribution is -2.38. The van der Waals surface area contributed by atoms with Crippen LogP contribution in [0.3, 0.4) is 0 Å². The van der Waals surface area contributed by atoms with E-state index in [4.69, 9.17) is 0 Å². The summed E-state index contributed by atoms with van der Waals surface area (Å²) in [4.78, 5) is 11.5. The number of carbonyl (C=O) groups excluding carboxylic acids is 1. The van der Waals surface area contributed by atoms with E-state index >= 15 is 0 Å². The Labute approximate surface area is 91.0 Å². The van der Waals surface area contributed by atoms with Crippen molar-refractivity contribution in [3.05, 3.63) is 22.7 Å². The summed E-state index contributed by atoms with van der Waals surface area (Å²) < 4.78 is 1.01. The second-order valence-electron chi connectivity index (χ2n) is 3.28. The van der Waals surface area contributed by atoms with E-state index in [1.807, 2.05) is 25.1 Å². The Morgan fingerprint density at radius 2 is 2.21 bits per heavy atom. The van der Waals surface area contributed by atoms with Crippen molar-refractivity contribution in [2.75, 3.05) is 10.6 Å². The lowest BCUT2D eigenvalue weighted by Gasteiger charge is -2.25. The molecule has 2 N–H and O–H groups in total. The van der Waals surface area contributed by atoms with E-state index in [1.54, 1.807) is 0 Å². The summed E-state index contributed by atoms with van der Waals surface area (Å²) >= 11 is 3.39. The number of anilines is 2. The Bertz CT molecular complexity index is 378. The van der Waals surface area contributed by atoms with Crippen molar-refractivity contribution in [3.63, 3.8) is 0 Å². The fraction of sp³-hybridized carbons (Fsp3) is 0.300. The van der Waals surface area contributed by atoms with Crippen LogP contribution < -0.4 is 10.6 Å². The molecule has 0 unspecified atom stereocenters. The summed E-state index contributed by atoms with van der Waals surface area (Å²) in [6.07, 6.45) is 0.789. The molecule has 1 aromatic carbocycles. The van der Waals surface area contributed by atoms with Gasteiger partial charge in [0.05, 0.1) is 11.4 Å². The van der Waals surface area contributed by atoms with Crippen LogP contribution >= 0.6 is 15.9 Å². The van der Waals surface area contributed by atoms with Crippen LogP contribution in [0.2, 0.25) is 0 Å². The van der Waals surface area contributed by atoms with E-state index in [9.17, 15) is 4.79 Å². The maximum atomic E-state index is 11.5. The first-order valence-electron chi connectivity index (χ1n) is 4.57. The van der Waals surface area contributed by atoms with E-state index in [0.717, 1.165) is 22.3 Å². The van der Waals surface area contributed by atoms with Gasteiger partial charge in [0.1, 0.15) is 6.04 Å². The maximum absolute atomic E-state index is 11.5. The van der Waals surface area contributed by atoms with Crippen molar-refractivity contribution in [3.8, 4) is 0 Å². The first kappa shape index (κ1) is 9.52. The molecule has 0 spiro atoms. The Kier molecular flexibility index (Phi) is 2.46. The zero-order valence-electron chi connectivity index (χ0n) is 7.80. The predicted octanol–water partition coefficient (Wildman–Crippen LogP) is 2.59. The summed E-state index contributed by atoms with van der Waals surface area (Å²) in [6, 6.07) is 5.65. The monoisotopic (exact) mass is 254 g/mol. The lowest BCUT2D eigenvalue weighted by molar-refractivity contribution is -0.117. The number of carbonyl (C=O) groups is 1. The summed E-state index contributed by atoms with van der Waals surface area (Å²) in [5.41, 5.74) is 1.83. The number of halogens is 1. The van der Waals surface area contributed by atoms with Crippen molar-refractivity contribution in [1.82, 2.24) is 0 Å². The van der Waals surface area contributed by atoms with Gasteiger partial charge in [-0.15, -0.1) is 0 Å². The molecule has 0 fully saturated rings. The van der Waals surface area contributed by atoms with Gasteiger partial charge in [-0.25, -0.2) is 0 Å². The number of hydrogen-bond donors (Lipinski definition) is 2. The molecule has 0 saturated carbocycles. The van der Waals surface area contributed by atoms with Gasteiger partial charge in [0.15, 0.2) is 0 Å². The highest BCUT2D eigenvalue weighted by Gasteiger charge is 2.23. The fourth-order valence-corrected chi connectivity index (χ4v) is 1.87. The third-order valence-corrected chi connectivity index (χ3v) is 2.79. The molecule has 4 heteroatoms. The highest BCUT2D eigenvalue weighted by atomic mass is 79.9. The van der Waals surface area contributed by atoms with Crippen LogP contribution in [0.15, 0.2) is 22.7 Å². The van der Waals surface area contributed by atoms with Crippen molar-refractivity contribution >= 4 is 33.2 Å². The van der Waals surface area contributed by atoms with Gasteiger partial charge in [0.25, 0.3) is 0 Å². The Hall–Kier alpha value is -1.03. The molecule has 0 aliphatic carbocycles. The van der Waals surface area contributed by atoms with Crippen LogP contribution in [0.1, 0.15) is 13.3 Å². The van der Waals surface area contributed by atoms with Gasteiger partial charge in [-0.05, 0) is 24.6 Å². The second kappa shape index (κ2) is 3.61. The van der Waals surface area contributed by atoms with E-state index < -0.39 is 0 Å². The predicted molar refractivity (Wildman–Crippen MR) is 60.5 cm³/mol. The topological polar surface area (TPSA) is 41.1 Å². The van der Waals surface area contributed by atoms with Gasteiger partial charge in [-0.2, -0.15) is 0 Å². The SMILES string of the molecule is CC[C@H]1Nc2cc(Br)ccc2NC1=O. The van der Waals surface area contributed by atoms with E-state index in [0.29, 0.717) is 0 Å². The molecular weight excluding hydrogens is 244 g/mol. The zero-order chi connectivity index (χ0) is 10.1. The Balaban J connectivity index is 2.36. The molecule has 1 aromatic rings. The minimum Gasteiger partial charge on any atom is -0.372 e. The van der Waals surface area contributed by atoms with Crippen molar-refractivity contribution in [2.24, 2.45) is 0 Å². The molecule has 2 rings (SSSR count). The molecule has 74 valence electrons. The molecule has 1 aliphatic rings. The maximum Gasteiger partial charge on any atom is 0.246 e. The second-order valence-corrected chi connectivity index (χ2v) is 4.20. The third-order valence-electron chi connectivity index (χ3n) is 2.29. The van der Waals surface area contributed by atoms with Gasteiger partial charge >= 0.3 is 0 Å². The van der Waals surface area contributed by atoms with Crippen LogP contribution in [0.4, 0.5) is 11.4 Å². The smallest absolute Gasteiger partial charge is 0.246 e. The zero-order valence-corrected chi connectivity index (χ0v) is 9.39. The molecule has 1 amide bonds. The van der Waals surface area contributed by atoms with E-state index in [1.165, 1.54) is 0 Å². The number of rotatable bonds is 1. The summed E-state index contributed by atoms with van der Waals surface area (Å²) in [5.74, 6) is 0.0438. The highest BCUT2D eigenvalue weighted by molar-refractivity contribution is 9.10. The van der Waals surface area contributed by atoms with E-state index in [2.05, 4.69) is 26.6 Å². The molecule has 3 nitrogen and oxygen atoms in total. The standard InChI is InChI=1S/C10H11BrN2O/c1-2-7-10(14)13-8-4-3-6(11)5-9(8)12-7/h3-5,7,12H,2H2,1H3,(H,13,14)/t7-/m1/s1. The van der Waals surface area contributed by atoms with Crippen LogP contribution in [-0.2, 0) is 4.79 Å². The molecule has 1 aliphatic heterocycles. The van der Waals surface area contributed by atoms with Crippen molar-refractivity contribution < 1.29 is 4.79 Å². The van der Waals surface area contributed by atoms with Gasteiger partial charge < -0.3 is 10.6 Å². The van der Waals surface area contributed by atoms with Crippen LogP contribution in [0, 0.1) is 0 Å². The Morgan fingerprint density at radius 1 is 1.43 bits per heavy atom. The summed E-state index contributed by atoms with van der Waals surface area (Å²) in [5, 5.41) is 6.06. The number of nitrogens with one attached hydrogen (secondary N) is 2. The molecule has 14 heavy (non-hydrogen) atoms. The van der Waals surface area contributed by atoms with E-state index in [-0.39, 0.29) is 11.9 Å². The summed E-state index contributed by atoms with van der Waals surface area (Å²) in [6.45, 7) is 1.99. The first-order valence-corrected chi connectivity index (χ1v) is 5.37. The van der Waals surface area contributed by atoms with Crippen molar-refractivity contribution in [2.45, 2.75) is 19.4 Å². The lowest BCUT2D eigenvalue weighted by atomic mass is 10.1. The summed E-state index contributed by atoms with van der Waals surface area (Å²) in [7, 11) is 0. The van der Waals surface area contributed by atoms with Gasteiger partial charge in [-0.1, -0.05) is 22.9 Å². The molecule has 0 radical (unpaired) electrons. The molecule has 1 heterocycles. The number of hydrogen-bond acceptors (Lipinski definition) is 2. The number of amides is 1. The molecule has 0 aromatic heterocycles. The molecule has 0 saturated heterocycles. The third kappa shape index (κ3) is 1.62. The minimum atomic E-state index is -0.114. The minimum absolute atomic E-state index is 0.0438. The first-order chi connectivity index (χ1) is 6.70. The van der Waals surface area contributed by atoms with Crippen LogP contribution in [-0.4, -0.2) is 11.9 Å². The quantitative estimate of drug-likeness (QED) is 0.809. The largest absolute Gasteiger partial charge is 0.372 e. The molecule has 1 atom stereocenters. The highest BCUT2D eigenvalue weighted by Crippen LogP contribution is 2.30. The Morgan fingerprint density at radius 3 is 2.93 bits per heavy atom. The van der Waals surface area contributed by atoms with Gasteiger partial charge in [0.2, 0.25) is 5.91 Å². The van der Waals surface area contributed by atoms with Crippen LogP contribution in [0.5, 0.6) is 0 Å². The normalized spacial score (nSPS) is 19.6. The van der Waals surface area contributed by atoms with Crippen LogP contribution in [0.25, 0.3) is 0 Å². The van der Waals surface area contributed by atoms with Gasteiger partial charge in [-0.3, -0.25) is 4.79 Å². The van der Waals surface area contributed by atoms with Gasteiger partial charge in [0, 0.05) is 4.47 Å². The average Bonchev–Trinajstić information content (AvgIpc) is 2.17. The average molecular weight is 255 g/mol. The molecule has 0 bridgehead atoms. The van der Waals surface area contributed by atoms with Crippen molar-refractivity contribution in [1.29, 1.82) is 0 Å². The number of benzene rings is 1. The number of fused-ring (bicyclic) bond motifs is 1. The molecular formula is C10H11BrN2O.